The zero-order valence-electron chi connectivity index (χ0n) is 9.95. The SMILES string of the molecule is CC1CNC(N2CCC(O)CC2)C(C)C1. The van der Waals surface area contributed by atoms with Gasteiger partial charge in [0.1, 0.15) is 0 Å². The van der Waals surface area contributed by atoms with Gasteiger partial charge in [0.2, 0.25) is 0 Å². The Balaban J connectivity index is 1.87. The molecule has 0 spiro atoms. The van der Waals surface area contributed by atoms with Gasteiger partial charge < -0.3 is 10.4 Å². The Morgan fingerprint density at radius 2 is 1.87 bits per heavy atom. The molecular formula is C12H24N2O. The molecule has 0 radical (unpaired) electrons. The summed E-state index contributed by atoms with van der Waals surface area (Å²) >= 11 is 0. The summed E-state index contributed by atoms with van der Waals surface area (Å²) < 4.78 is 0. The third-order valence-electron chi connectivity index (χ3n) is 3.88. The van der Waals surface area contributed by atoms with Crippen molar-refractivity contribution < 1.29 is 5.11 Å². The van der Waals surface area contributed by atoms with Gasteiger partial charge in [0.15, 0.2) is 0 Å². The Morgan fingerprint density at radius 3 is 2.47 bits per heavy atom. The van der Waals surface area contributed by atoms with Crippen LogP contribution in [-0.2, 0) is 0 Å². The summed E-state index contributed by atoms with van der Waals surface area (Å²) in [5.74, 6) is 1.55. The van der Waals surface area contributed by atoms with E-state index >= 15 is 0 Å². The Morgan fingerprint density at radius 1 is 1.20 bits per heavy atom. The van der Waals surface area contributed by atoms with Crippen molar-refractivity contribution in [1.29, 1.82) is 0 Å². The van der Waals surface area contributed by atoms with E-state index in [1.54, 1.807) is 0 Å². The van der Waals surface area contributed by atoms with Gasteiger partial charge in [0.25, 0.3) is 0 Å². The predicted octanol–water partition coefficient (Wildman–Crippen LogP) is 1.03. The number of piperidine rings is 2. The van der Waals surface area contributed by atoms with Gasteiger partial charge in [-0.3, -0.25) is 4.90 Å². The van der Waals surface area contributed by atoms with Crippen LogP contribution >= 0.6 is 0 Å². The molecule has 2 aliphatic rings. The average molecular weight is 212 g/mol. The lowest BCUT2D eigenvalue weighted by Gasteiger charge is -2.43. The van der Waals surface area contributed by atoms with Crippen molar-refractivity contribution in [3.63, 3.8) is 0 Å². The molecule has 88 valence electrons. The summed E-state index contributed by atoms with van der Waals surface area (Å²) in [6.07, 6.45) is 3.71. The van der Waals surface area contributed by atoms with Gasteiger partial charge in [-0.15, -0.1) is 0 Å². The first kappa shape index (κ1) is 11.4. The molecule has 15 heavy (non-hydrogen) atoms. The fourth-order valence-corrected chi connectivity index (χ4v) is 3.02. The Hall–Kier alpha value is -0.120. The number of rotatable bonds is 1. The molecule has 2 aliphatic heterocycles. The van der Waals surface area contributed by atoms with Crippen LogP contribution < -0.4 is 5.32 Å². The molecule has 0 amide bonds. The number of aliphatic hydroxyl groups is 1. The van der Waals surface area contributed by atoms with Crippen LogP contribution in [0, 0.1) is 11.8 Å². The highest BCUT2D eigenvalue weighted by Gasteiger charge is 2.31. The topological polar surface area (TPSA) is 35.5 Å². The normalized spacial score (nSPS) is 40.6. The minimum absolute atomic E-state index is 0.0564. The van der Waals surface area contributed by atoms with Gasteiger partial charge in [0.05, 0.1) is 12.3 Å². The van der Waals surface area contributed by atoms with Crippen molar-refractivity contribution >= 4 is 0 Å². The number of nitrogens with zero attached hydrogens (tertiary/aromatic N) is 1. The summed E-state index contributed by atoms with van der Waals surface area (Å²) in [5.41, 5.74) is 0. The number of hydrogen-bond donors (Lipinski definition) is 2. The summed E-state index contributed by atoms with van der Waals surface area (Å²) in [6, 6.07) is 0. The second-order valence-electron chi connectivity index (χ2n) is 5.44. The molecule has 2 fully saturated rings. The highest BCUT2D eigenvalue weighted by Crippen LogP contribution is 2.24. The largest absolute Gasteiger partial charge is 0.393 e. The van der Waals surface area contributed by atoms with Crippen LogP contribution in [0.2, 0.25) is 0 Å². The predicted molar refractivity (Wildman–Crippen MR) is 61.5 cm³/mol. The molecule has 0 saturated carbocycles. The lowest BCUT2D eigenvalue weighted by atomic mass is 9.89. The van der Waals surface area contributed by atoms with Gasteiger partial charge in [-0.05, 0) is 37.6 Å². The maximum absolute atomic E-state index is 9.49. The summed E-state index contributed by atoms with van der Waals surface area (Å²) in [7, 11) is 0. The summed E-state index contributed by atoms with van der Waals surface area (Å²) in [6.45, 7) is 7.92. The fraction of sp³-hybridized carbons (Fsp3) is 1.00. The van der Waals surface area contributed by atoms with Crippen molar-refractivity contribution in [3.8, 4) is 0 Å². The monoisotopic (exact) mass is 212 g/mol. The van der Waals surface area contributed by atoms with E-state index in [9.17, 15) is 5.11 Å². The van der Waals surface area contributed by atoms with E-state index in [2.05, 4.69) is 24.1 Å². The van der Waals surface area contributed by atoms with E-state index in [1.807, 2.05) is 0 Å². The van der Waals surface area contributed by atoms with Crippen LogP contribution in [0.3, 0.4) is 0 Å². The quantitative estimate of drug-likeness (QED) is 0.681. The number of nitrogens with one attached hydrogen (secondary N) is 1. The van der Waals surface area contributed by atoms with Crippen molar-refractivity contribution in [2.45, 2.75) is 45.4 Å². The molecule has 3 heteroatoms. The van der Waals surface area contributed by atoms with Gasteiger partial charge in [-0.1, -0.05) is 13.8 Å². The Kier molecular flexibility index (Phi) is 3.65. The highest BCUT2D eigenvalue weighted by molar-refractivity contribution is 4.84. The molecule has 2 saturated heterocycles. The average Bonchev–Trinajstić information content (AvgIpc) is 2.20. The summed E-state index contributed by atoms with van der Waals surface area (Å²) in [4.78, 5) is 2.52. The second kappa shape index (κ2) is 4.81. The van der Waals surface area contributed by atoms with Crippen LogP contribution in [0.1, 0.15) is 33.1 Å². The maximum Gasteiger partial charge on any atom is 0.0623 e. The molecule has 3 atom stereocenters. The fourth-order valence-electron chi connectivity index (χ4n) is 3.02. The molecule has 0 aromatic carbocycles. The van der Waals surface area contributed by atoms with Gasteiger partial charge in [-0.2, -0.15) is 0 Å². The first-order valence-corrected chi connectivity index (χ1v) is 6.32. The highest BCUT2D eigenvalue weighted by atomic mass is 16.3. The Labute approximate surface area is 92.8 Å². The van der Waals surface area contributed by atoms with Gasteiger partial charge in [0, 0.05) is 13.1 Å². The van der Waals surface area contributed by atoms with Crippen LogP contribution in [0.5, 0.6) is 0 Å². The number of likely N-dealkylation sites (tertiary alicyclic amines) is 1. The van der Waals surface area contributed by atoms with Crippen LogP contribution in [0.4, 0.5) is 0 Å². The smallest absolute Gasteiger partial charge is 0.0623 e. The molecule has 2 N–H and O–H groups in total. The molecule has 0 bridgehead atoms. The van der Waals surface area contributed by atoms with Crippen LogP contribution in [0.15, 0.2) is 0 Å². The van der Waals surface area contributed by atoms with Crippen molar-refractivity contribution in [2.24, 2.45) is 11.8 Å². The van der Waals surface area contributed by atoms with E-state index in [0.29, 0.717) is 6.17 Å². The van der Waals surface area contributed by atoms with Crippen molar-refractivity contribution in [2.75, 3.05) is 19.6 Å². The van der Waals surface area contributed by atoms with Crippen molar-refractivity contribution in [1.82, 2.24) is 10.2 Å². The van der Waals surface area contributed by atoms with E-state index in [0.717, 1.165) is 44.3 Å². The first-order valence-electron chi connectivity index (χ1n) is 6.32. The lowest BCUT2D eigenvalue weighted by Crippen LogP contribution is -2.56. The van der Waals surface area contributed by atoms with Crippen molar-refractivity contribution in [3.05, 3.63) is 0 Å². The number of hydrogen-bond acceptors (Lipinski definition) is 3. The van der Waals surface area contributed by atoms with Crippen LogP contribution in [0.25, 0.3) is 0 Å². The molecular weight excluding hydrogens is 188 g/mol. The molecule has 0 aliphatic carbocycles. The minimum Gasteiger partial charge on any atom is -0.393 e. The van der Waals surface area contributed by atoms with Gasteiger partial charge >= 0.3 is 0 Å². The van der Waals surface area contributed by atoms with E-state index in [1.165, 1.54) is 6.42 Å². The molecule has 3 nitrogen and oxygen atoms in total. The van der Waals surface area contributed by atoms with Crippen LogP contribution in [-0.4, -0.2) is 41.9 Å². The first-order chi connectivity index (χ1) is 7.16. The third kappa shape index (κ3) is 2.71. The van der Waals surface area contributed by atoms with E-state index in [4.69, 9.17) is 0 Å². The zero-order valence-corrected chi connectivity index (χ0v) is 9.95. The summed E-state index contributed by atoms with van der Waals surface area (Å²) in [5, 5.41) is 13.1. The maximum atomic E-state index is 9.49. The molecule has 0 aromatic rings. The lowest BCUT2D eigenvalue weighted by molar-refractivity contribution is 0.0175. The van der Waals surface area contributed by atoms with Gasteiger partial charge in [-0.25, -0.2) is 0 Å². The molecule has 2 heterocycles. The Bertz CT molecular complexity index is 202. The second-order valence-corrected chi connectivity index (χ2v) is 5.44. The van der Waals surface area contributed by atoms with E-state index in [-0.39, 0.29) is 6.10 Å². The molecule has 2 rings (SSSR count). The standard InChI is InChI=1S/C12H24N2O/c1-9-7-10(2)12(13-8-9)14-5-3-11(15)4-6-14/h9-13,15H,3-8H2,1-2H3. The third-order valence-corrected chi connectivity index (χ3v) is 3.88. The molecule has 3 unspecified atom stereocenters. The zero-order chi connectivity index (χ0) is 10.8. The van der Waals surface area contributed by atoms with E-state index < -0.39 is 0 Å². The number of aliphatic hydroxyl groups excluding tert-OH is 1. The molecule has 0 aromatic heterocycles. The minimum atomic E-state index is -0.0564.